The van der Waals surface area contributed by atoms with Crippen molar-refractivity contribution in [3.63, 3.8) is 0 Å². The summed E-state index contributed by atoms with van der Waals surface area (Å²) in [5.41, 5.74) is 6.37. The third kappa shape index (κ3) is 2.39. The number of ether oxygens (including phenoxy) is 1. The molecule has 1 heterocycles. The molecule has 1 amide bonds. The highest BCUT2D eigenvalue weighted by Crippen LogP contribution is 2.34. The summed E-state index contributed by atoms with van der Waals surface area (Å²) in [6, 6.07) is 1.62. The zero-order chi connectivity index (χ0) is 12.3. The first-order chi connectivity index (χ1) is 8.17. The normalized spacial score (nSPS) is 17.2. The van der Waals surface area contributed by atoms with Crippen LogP contribution in [0.4, 0.5) is 5.69 Å². The summed E-state index contributed by atoms with van der Waals surface area (Å²) in [7, 11) is 1.69. The molecule has 1 saturated carbocycles. The highest BCUT2D eigenvalue weighted by molar-refractivity contribution is 5.98. The van der Waals surface area contributed by atoms with Gasteiger partial charge in [0.25, 0.3) is 5.91 Å². The van der Waals surface area contributed by atoms with Crippen LogP contribution >= 0.6 is 0 Å². The van der Waals surface area contributed by atoms with E-state index < -0.39 is 0 Å². The Morgan fingerprint density at radius 3 is 2.94 bits per heavy atom. The fourth-order valence-electron chi connectivity index (χ4n) is 1.97. The molecule has 1 aliphatic rings. The van der Waals surface area contributed by atoms with Crippen LogP contribution in [0.5, 0.6) is 0 Å². The number of amides is 1. The summed E-state index contributed by atoms with van der Waals surface area (Å²) in [6.45, 7) is 0.532. The van der Waals surface area contributed by atoms with E-state index in [0.29, 0.717) is 17.8 Å². The maximum Gasteiger partial charge on any atom is 0.253 e. The Bertz CT molecular complexity index is 410. The number of nitrogen functional groups attached to an aromatic ring is 1. The maximum atomic E-state index is 11.9. The quantitative estimate of drug-likeness (QED) is 0.815. The predicted octanol–water partition coefficient (Wildman–Crippen LogP) is 0.963. The number of carbonyl (C=O) groups is 1. The van der Waals surface area contributed by atoms with Crippen LogP contribution in [-0.4, -0.2) is 30.1 Å². The van der Waals surface area contributed by atoms with Gasteiger partial charge in [0.05, 0.1) is 23.0 Å². The summed E-state index contributed by atoms with van der Waals surface area (Å²) < 4.78 is 5.43. The van der Waals surface area contributed by atoms with Crippen LogP contribution in [0.3, 0.4) is 0 Å². The average Bonchev–Trinajstić information content (AvgIpc) is 2.28. The number of aromatic nitrogens is 1. The van der Waals surface area contributed by atoms with Gasteiger partial charge >= 0.3 is 0 Å². The molecule has 0 atom stereocenters. The van der Waals surface area contributed by atoms with E-state index in [1.165, 1.54) is 6.20 Å². The molecule has 0 radical (unpaired) electrons. The molecule has 0 saturated heterocycles. The van der Waals surface area contributed by atoms with E-state index in [1.807, 2.05) is 0 Å². The SMILES string of the molecule is COC1(CNC(=O)c2ccncc2N)CCC1. The Labute approximate surface area is 100 Å². The molecule has 17 heavy (non-hydrogen) atoms. The van der Waals surface area contributed by atoms with Crippen molar-refractivity contribution < 1.29 is 9.53 Å². The number of hydrogen-bond donors (Lipinski definition) is 2. The lowest BCUT2D eigenvalue weighted by Gasteiger charge is -2.40. The Morgan fingerprint density at radius 2 is 2.41 bits per heavy atom. The Morgan fingerprint density at radius 1 is 1.65 bits per heavy atom. The van der Waals surface area contributed by atoms with Crippen molar-refractivity contribution in [3.05, 3.63) is 24.0 Å². The van der Waals surface area contributed by atoms with Gasteiger partial charge in [-0.05, 0) is 25.3 Å². The highest BCUT2D eigenvalue weighted by atomic mass is 16.5. The van der Waals surface area contributed by atoms with Gasteiger partial charge in [-0.2, -0.15) is 0 Å². The number of nitrogens with two attached hydrogens (primary N) is 1. The second kappa shape index (κ2) is 4.71. The molecular weight excluding hydrogens is 218 g/mol. The molecule has 5 nitrogen and oxygen atoms in total. The van der Waals surface area contributed by atoms with Gasteiger partial charge in [0, 0.05) is 19.9 Å². The molecule has 2 rings (SSSR count). The average molecular weight is 235 g/mol. The number of pyridine rings is 1. The first-order valence-corrected chi connectivity index (χ1v) is 5.70. The van der Waals surface area contributed by atoms with Crippen LogP contribution in [0.1, 0.15) is 29.6 Å². The molecular formula is C12H17N3O2. The fraction of sp³-hybridized carbons (Fsp3) is 0.500. The standard InChI is InChI=1S/C12H17N3O2/c1-17-12(4-2-5-12)8-15-11(16)9-3-6-14-7-10(9)13/h3,6-7H,2,4-5,8,13H2,1H3,(H,15,16). The fourth-order valence-corrected chi connectivity index (χ4v) is 1.97. The number of hydrogen-bond acceptors (Lipinski definition) is 4. The third-order valence-corrected chi connectivity index (χ3v) is 3.37. The van der Waals surface area contributed by atoms with E-state index >= 15 is 0 Å². The molecule has 1 aromatic rings. The molecule has 0 aromatic carbocycles. The van der Waals surface area contributed by atoms with Crippen LogP contribution < -0.4 is 11.1 Å². The number of carbonyl (C=O) groups excluding carboxylic acids is 1. The molecule has 0 aliphatic heterocycles. The van der Waals surface area contributed by atoms with Gasteiger partial charge in [-0.1, -0.05) is 0 Å². The zero-order valence-electron chi connectivity index (χ0n) is 9.90. The van der Waals surface area contributed by atoms with Crippen molar-refractivity contribution in [2.45, 2.75) is 24.9 Å². The molecule has 0 unspecified atom stereocenters. The van der Waals surface area contributed by atoms with Crippen molar-refractivity contribution >= 4 is 11.6 Å². The topological polar surface area (TPSA) is 77.2 Å². The lowest BCUT2D eigenvalue weighted by Crippen LogP contribution is -2.49. The second-order valence-corrected chi connectivity index (χ2v) is 4.39. The van der Waals surface area contributed by atoms with E-state index in [-0.39, 0.29) is 11.5 Å². The van der Waals surface area contributed by atoms with Crippen molar-refractivity contribution in [1.82, 2.24) is 10.3 Å². The predicted molar refractivity (Wildman–Crippen MR) is 64.6 cm³/mol. The van der Waals surface area contributed by atoms with Gasteiger partial charge in [0.1, 0.15) is 0 Å². The lowest BCUT2D eigenvalue weighted by atomic mass is 9.80. The number of methoxy groups -OCH3 is 1. The molecule has 3 N–H and O–H groups in total. The minimum atomic E-state index is -0.173. The van der Waals surface area contributed by atoms with Gasteiger partial charge in [0.2, 0.25) is 0 Å². The second-order valence-electron chi connectivity index (χ2n) is 4.39. The molecule has 1 aromatic heterocycles. The molecule has 5 heteroatoms. The molecule has 1 aliphatic carbocycles. The van der Waals surface area contributed by atoms with Crippen LogP contribution in [-0.2, 0) is 4.74 Å². The van der Waals surface area contributed by atoms with Gasteiger partial charge in [-0.25, -0.2) is 0 Å². The van der Waals surface area contributed by atoms with Crippen LogP contribution in [0.15, 0.2) is 18.5 Å². The zero-order valence-corrected chi connectivity index (χ0v) is 9.90. The largest absolute Gasteiger partial charge is 0.397 e. The minimum absolute atomic E-state index is 0.169. The Balaban J connectivity index is 1.96. The Hall–Kier alpha value is -1.62. The van der Waals surface area contributed by atoms with Crippen molar-refractivity contribution in [3.8, 4) is 0 Å². The molecule has 1 fully saturated rings. The van der Waals surface area contributed by atoms with E-state index in [4.69, 9.17) is 10.5 Å². The number of anilines is 1. The first kappa shape index (κ1) is 11.9. The van der Waals surface area contributed by atoms with E-state index in [1.54, 1.807) is 19.4 Å². The third-order valence-electron chi connectivity index (χ3n) is 3.37. The lowest BCUT2D eigenvalue weighted by molar-refractivity contribution is -0.0679. The number of nitrogens with zero attached hydrogens (tertiary/aromatic N) is 1. The minimum Gasteiger partial charge on any atom is -0.397 e. The van der Waals surface area contributed by atoms with E-state index in [9.17, 15) is 4.79 Å². The summed E-state index contributed by atoms with van der Waals surface area (Å²) in [5.74, 6) is -0.173. The smallest absolute Gasteiger partial charge is 0.253 e. The van der Waals surface area contributed by atoms with Crippen LogP contribution in [0.25, 0.3) is 0 Å². The Kier molecular flexibility index (Phi) is 3.28. The number of rotatable bonds is 4. The first-order valence-electron chi connectivity index (χ1n) is 5.70. The van der Waals surface area contributed by atoms with E-state index in [0.717, 1.165) is 19.3 Å². The van der Waals surface area contributed by atoms with Crippen molar-refractivity contribution in [1.29, 1.82) is 0 Å². The summed E-state index contributed by atoms with van der Waals surface area (Å²) >= 11 is 0. The highest BCUT2D eigenvalue weighted by Gasteiger charge is 2.37. The summed E-state index contributed by atoms with van der Waals surface area (Å²) in [4.78, 5) is 15.7. The van der Waals surface area contributed by atoms with Crippen LogP contribution in [0.2, 0.25) is 0 Å². The molecule has 92 valence electrons. The summed E-state index contributed by atoms with van der Waals surface area (Å²) in [5, 5.41) is 2.86. The molecule has 0 spiro atoms. The monoisotopic (exact) mass is 235 g/mol. The van der Waals surface area contributed by atoms with E-state index in [2.05, 4.69) is 10.3 Å². The molecule has 0 bridgehead atoms. The van der Waals surface area contributed by atoms with Crippen molar-refractivity contribution in [2.75, 3.05) is 19.4 Å². The summed E-state index contributed by atoms with van der Waals surface area (Å²) in [6.07, 6.45) is 6.18. The van der Waals surface area contributed by atoms with Crippen LogP contribution in [0, 0.1) is 0 Å². The van der Waals surface area contributed by atoms with Crippen molar-refractivity contribution in [2.24, 2.45) is 0 Å². The maximum absolute atomic E-state index is 11.9. The van der Waals surface area contributed by atoms with Gasteiger partial charge in [-0.15, -0.1) is 0 Å². The van der Waals surface area contributed by atoms with Gasteiger partial charge < -0.3 is 15.8 Å². The number of nitrogens with one attached hydrogen (secondary N) is 1. The van der Waals surface area contributed by atoms with Gasteiger partial charge in [-0.3, -0.25) is 9.78 Å². The van der Waals surface area contributed by atoms with Gasteiger partial charge in [0.15, 0.2) is 0 Å².